The van der Waals surface area contributed by atoms with Gasteiger partial charge in [-0.1, -0.05) is 11.8 Å². The fraction of sp³-hybridized carbons (Fsp3) is 0.525. The highest BCUT2D eigenvalue weighted by Crippen LogP contribution is 2.41. The molecule has 0 radical (unpaired) electrons. The molecular formula is C40H45N3O20S. The second-order valence-electron chi connectivity index (χ2n) is 13.9. The van der Waals surface area contributed by atoms with Crippen molar-refractivity contribution < 1.29 is 90.5 Å². The van der Waals surface area contributed by atoms with Crippen LogP contribution in [0.5, 0.6) is 5.75 Å². The number of rotatable bonds is 15. The summed E-state index contributed by atoms with van der Waals surface area (Å²) in [4.78, 5) is 119. The molecule has 0 bridgehead atoms. The number of ether oxygens (including phenoxy) is 11. The van der Waals surface area contributed by atoms with E-state index in [1.807, 2.05) is 6.07 Å². The summed E-state index contributed by atoms with van der Waals surface area (Å²) in [6, 6.07) is 7.80. The monoisotopic (exact) mass is 919 g/mol. The molecule has 64 heavy (non-hydrogen) atoms. The second kappa shape index (κ2) is 22.2. The van der Waals surface area contributed by atoms with E-state index < -0.39 is 138 Å². The van der Waals surface area contributed by atoms with Crippen molar-refractivity contribution in [3.05, 3.63) is 40.2 Å². The largest absolute Gasteiger partial charge is 0.497 e. The summed E-state index contributed by atoms with van der Waals surface area (Å²) in [6.45, 7) is 6.82. The average Bonchev–Trinajstić information content (AvgIpc) is 3.19. The fourth-order valence-corrected chi connectivity index (χ4v) is 7.88. The Morgan fingerprint density at radius 1 is 0.625 bits per heavy atom. The highest BCUT2D eigenvalue weighted by molar-refractivity contribution is 7.99. The first-order chi connectivity index (χ1) is 30.1. The molecule has 2 aliphatic rings. The Kier molecular flexibility index (Phi) is 17.3. The van der Waals surface area contributed by atoms with Gasteiger partial charge in [-0.2, -0.15) is 5.26 Å². The Morgan fingerprint density at radius 3 is 1.48 bits per heavy atom. The van der Waals surface area contributed by atoms with Crippen LogP contribution in [0.4, 0.5) is 0 Å². The lowest BCUT2D eigenvalue weighted by Crippen LogP contribution is -2.62. The van der Waals surface area contributed by atoms with Gasteiger partial charge in [0.1, 0.15) is 42.8 Å². The Labute approximate surface area is 368 Å². The van der Waals surface area contributed by atoms with E-state index in [1.165, 1.54) is 31.4 Å². The SMILES string of the molecule is COc1ccc(-c2nc(SC3OC(COC(C)=O)C(OC(C)=O)C(OC(C)=O)C3OC(C)=O)n(C3OC(COC(C)=O)C(OC(C)=O)C(OC(C)=O)C3OC(C)=O)c(=O)c2C#N)cc1. The molecule has 23 nitrogen and oxygen atoms in total. The number of carbonyl (C=O) groups is 8. The summed E-state index contributed by atoms with van der Waals surface area (Å²) < 4.78 is 62.4. The first-order valence-corrected chi connectivity index (χ1v) is 20.0. The molecular weight excluding hydrogens is 875 g/mol. The van der Waals surface area contributed by atoms with E-state index in [9.17, 15) is 43.6 Å². The summed E-state index contributed by atoms with van der Waals surface area (Å²) >= 11 is 0.489. The third-order valence-electron chi connectivity index (χ3n) is 8.95. The maximum atomic E-state index is 15.0. The first kappa shape index (κ1) is 50.1. The number of aromatic nitrogens is 2. The van der Waals surface area contributed by atoms with Gasteiger partial charge in [-0.15, -0.1) is 0 Å². The molecule has 0 saturated carbocycles. The molecule has 1 aromatic carbocycles. The molecule has 1 aromatic heterocycles. The normalized spacial score (nSPS) is 24.9. The smallest absolute Gasteiger partial charge is 0.303 e. The van der Waals surface area contributed by atoms with Crippen LogP contribution >= 0.6 is 11.8 Å². The number of carbonyl (C=O) groups excluding carboxylic acids is 8. The molecule has 2 aliphatic heterocycles. The van der Waals surface area contributed by atoms with Gasteiger partial charge >= 0.3 is 47.8 Å². The highest BCUT2D eigenvalue weighted by atomic mass is 32.2. The van der Waals surface area contributed by atoms with Crippen LogP contribution in [-0.4, -0.2) is 132 Å². The molecule has 2 saturated heterocycles. The number of esters is 8. The maximum Gasteiger partial charge on any atom is 0.303 e. The van der Waals surface area contributed by atoms with Crippen LogP contribution in [0.15, 0.2) is 34.2 Å². The van der Waals surface area contributed by atoms with Crippen LogP contribution in [0.1, 0.15) is 67.2 Å². The van der Waals surface area contributed by atoms with E-state index in [1.54, 1.807) is 0 Å². The van der Waals surface area contributed by atoms with E-state index in [0.717, 1.165) is 60.0 Å². The van der Waals surface area contributed by atoms with Crippen LogP contribution < -0.4 is 10.3 Å². The lowest BCUT2D eigenvalue weighted by atomic mass is 9.96. The van der Waals surface area contributed by atoms with Crippen LogP contribution in [0.25, 0.3) is 11.3 Å². The van der Waals surface area contributed by atoms with Gasteiger partial charge in [-0.3, -0.25) is 47.7 Å². The summed E-state index contributed by atoms with van der Waals surface area (Å²) in [5.74, 6) is -6.99. The summed E-state index contributed by atoms with van der Waals surface area (Å²) in [5, 5.41) is 10.1. The number of methoxy groups -OCH3 is 1. The van der Waals surface area contributed by atoms with Crippen LogP contribution in [0.3, 0.4) is 0 Å². The van der Waals surface area contributed by atoms with Crippen LogP contribution in [-0.2, 0) is 85.7 Å². The molecule has 3 heterocycles. The molecule has 0 N–H and O–H groups in total. The molecule has 346 valence electrons. The van der Waals surface area contributed by atoms with Gasteiger partial charge in [-0.25, -0.2) is 4.98 Å². The zero-order chi connectivity index (χ0) is 47.6. The number of nitriles is 1. The summed E-state index contributed by atoms with van der Waals surface area (Å²) in [6.07, 6.45) is -15.4. The van der Waals surface area contributed by atoms with E-state index in [2.05, 4.69) is 0 Å². The quantitative estimate of drug-likeness (QED) is 0.138. The topological polar surface area (TPSA) is 297 Å². The van der Waals surface area contributed by atoms with Gasteiger partial charge in [0.25, 0.3) is 5.56 Å². The average molecular weight is 920 g/mol. The van der Waals surface area contributed by atoms with Gasteiger partial charge in [0.2, 0.25) is 0 Å². The van der Waals surface area contributed by atoms with Crippen molar-refractivity contribution >= 4 is 59.5 Å². The zero-order valence-electron chi connectivity index (χ0n) is 35.9. The van der Waals surface area contributed by atoms with Gasteiger partial charge in [0.05, 0.1) is 12.8 Å². The van der Waals surface area contributed by atoms with Crippen molar-refractivity contribution in [3.8, 4) is 23.1 Å². The summed E-state index contributed by atoms with van der Waals surface area (Å²) in [7, 11) is 1.41. The standard InChI is InChI=1S/C40H45N3O20S/c1-17(44)54-15-28-31(56-19(3)46)33(58-21(5)48)35(60-23(7)50)38(62-28)43-37(52)27(14-41)30(25-10-12-26(53-9)13-11-25)42-40(43)64-39-36(61-24(8)51)34(59-22(6)49)32(57-20(4)47)29(63-39)16-55-18(2)45/h10-13,28-29,31-36,38-39H,15-16H2,1-9H3. The Bertz CT molecular complexity index is 2220. The van der Waals surface area contributed by atoms with Crippen LogP contribution in [0, 0.1) is 11.3 Å². The Balaban J connectivity index is 2.11. The number of benzene rings is 1. The highest BCUT2D eigenvalue weighted by Gasteiger charge is 2.56. The molecule has 24 heteroatoms. The van der Waals surface area contributed by atoms with Gasteiger partial charge in [-0.05, 0) is 24.3 Å². The number of nitrogens with zero attached hydrogens (tertiary/aromatic N) is 3. The number of hydrogen-bond acceptors (Lipinski definition) is 23. The second-order valence-corrected chi connectivity index (χ2v) is 15.0. The van der Waals surface area contributed by atoms with Crippen molar-refractivity contribution in [2.75, 3.05) is 20.3 Å². The minimum atomic E-state index is -1.99. The van der Waals surface area contributed by atoms with E-state index in [0.29, 0.717) is 17.5 Å². The van der Waals surface area contributed by atoms with Crippen molar-refractivity contribution in [3.63, 3.8) is 0 Å². The number of thioether (sulfide) groups is 1. The molecule has 0 aliphatic carbocycles. The molecule has 2 fully saturated rings. The third kappa shape index (κ3) is 12.8. The van der Waals surface area contributed by atoms with Gasteiger partial charge in [0.15, 0.2) is 53.4 Å². The lowest BCUT2D eigenvalue weighted by Gasteiger charge is -2.45. The van der Waals surface area contributed by atoms with E-state index in [4.69, 9.17) is 57.1 Å². The summed E-state index contributed by atoms with van der Waals surface area (Å²) in [5.41, 5.74) is -3.51. The molecule has 0 spiro atoms. The molecule has 0 amide bonds. The third-order valence-corrected chi connectivity index (χ3v) is 10.1. The minimum Gasteiger partial charge on any atom is -0.497 e. The van der Waals surface area contributed by atoms with Gasteiger partial charge in [0, 0.05) is 61.0 Å². The van der Waals surface area contributed by atoms with E-state index >= 15 is 4.79 Å². The molecule has 4 rings (SSSR count). The fourth-order valence-electron chi connectivity index (χ4n) is 6.68. The van der Waals surface area contributed by atoms with Crippen molar-refractivity contribution in [2.24, 2.45) is 0 Å². The predicted octanol–water partition coefficient (Wildman–Crippen LogP) is 1.22. The Morgan fingerprint density at radius 2 is 1.05 bits per heavy atom. The molecule has 10 unspecified atom stereocenters. The molecule has 10 atom stereocenters. The van der Waals surface area contributed by atoms with Crippen molar-refractivity contribution in [2.45, 2.75) is 121 Å². The van der Waals surface area contributed by atoms with Gasteiger partial charge < -0.3 is 52.1 Å². The van der Waals surface area contributed by atoms with E-state index in [-0.39, 0.29) is 11.3 Å². The molecule has 2 aromatic rings. The Hall–Kier alpha value is -6.58. The lowest BCUT2D eigenvalue weighted by molar-refractivity contribution is -0.270. The minimum absolute atomic E-state index is 0.187. The predicted molar refractivity (Wildman–Crippen MR) is 210 cm³/mol. The van der Waals surface area contributed by atoms with Crippen LogP contribution in [0.2, 0.25) is 0 Å². The zero-order valence-corrected chi connectivity index (χ0v) is 36.7. The van der Waals surface area contributed by atoms with Crippen molar-refractivity contribution in [1.29, 1.82) is 5.26 Å². The van der Waals surface area contributed by atoms with Crippen molar-refractivity contribution in [1.82, 2.24) is 9.55 Å². The maximum absolute atomic E-state index is 15.0. The first-order valence-electron chi connectivity index (χ1n) is 19.1. The number of hydrogen-bond donors (Lipinski definition) is 0.